The molecule has 2 rings (SSSR count). The third-order valence-electron chi connectivity index (χ3n) is 3.59. The molecule has 0 aliphatic rings. The number of benzene rings is 1. The summed E-state index contributed by atoms with van der Waals surface area (Å²) in [4.78, 5) is 0. The van der Waals surface area contributed by atoms with Gasteiger partial charge in [0.1, 0.15) is 0 Å². The molecular formula is C16H21BrN2. The summed E-state index contributed by atoms with van der Waals surface area (Å²) < 4.78 is 1.97. The van der Waals surface area contributed by atoms with Crippen LogP contribution in [0.15, 0.2) is 36.5 Å². The van der Waals surface area contributed by atoms with E-state index in [1.54, 1.807) is 0 Å². The zero-order chi connectivity index (χ0) is 13.7. The van der Waals surface area contributed by atoms with Crippen molar-refractivity contribution in [1.82, 2.24) is 9.78 Å². The molecule has 0 amide bonds. The highest BCUT2D eigenvalue weighted by Crippen LogP contribution is 2.18. The Morgan fingerprint density at radius 2 is 1.95 bits per heavy atom. The third-order valence-corrected chi connectivity index (χ3v) is 4.51. The standard InChI is InChI=1S/C16H21BrN2/c1-13-3-5-14(6-4-13)11-15(12-17)7-8-16-9-10-18-19(16)2/h3-6,9-10,15H,7-8,11-12H2,1-2H3. The van der Waals surface area contributed by atoms with Crippen LogP contribution in [-0.2, 0) is 19.9 Å². The van der Waals surface area contributed by atoms with E-state index in [0.717, 1.165) is 18.2 Å². The van der Waals surface area contributed by atoms with Crippen molar-refractivity contribution in [1.29, 1.82) is 0 Å². The van der Waals surface area contributed by atoms with Gasteiger partial charge in [0, 0.05) is 24.3 Å². The molecule has 0 spiro atoms. The summed E-state index contributed by atoms with van der Waals surface area (Å²) in [7, 11) is 2.01. The highest BCUT2D eigenvalue weighted by Gasteiger charge is 2.10. The molecule has 1 aromatic heterocycles. The van der Waals surface area contributed by atoms with Gasteiger partial charge in [-0.25, -0.2) is 0 Å². The van der Waals surface area contributed by atoms with Crippen LogP contribution in [-0.4, -0.2) is 15.1 Å². The lowest BCUT2D eigenvalue weighted by molar-refractivity contribution is 0.528. The molecule has 1 heterocycles. The highest BCUT2D eigenvalue weighted by molar-refractivity contribution is 9.09. The smallest absolute Gasteiger partial charge is 0.0492 e. The fourth-order valence-corrected chi connectivity index (χ4v) is 2.84. The molecule has 0 aliphatic heterocycles. The molecule has 0 fully saturated rings. The van der Waals surface area contributed by atoms with E-state index >= 15 is 0 Å². The van der Waals surface area contributed by atoms with E-state index in [2.05, 4.69) is 58.3 Å². The molecule has 2 aromatic rings. The maximum Gasteiger partial charge on any atom is 0.0492 e. The van der Waals surface area contributed by atoms with Crippen LogP contribution in [0.2, 0.25) is 0 Å². The Balaban J connectivity index is 1.90. The van der Waals surface area contributed by atoms with E-state index < -0.39 is 0 Å². The fraction of sp³-hybridized carbons (Fsp3) is 0.438. The maximum absolute atomic E-state index is 4.22. The SMILES string of the molecule is Cc1ccc(CC(CBr)CCc2ccnn2C)cc1. The first-order valence-electron chi connectivity index (χ1n) is 6.77. The van der Waals surface area contributed by atoms with Gasteiger partial charge in [-0.2, -0.15) is 5.10 Å². The van der Waals surface area contributed by atoms with Crippen molar-refractivity contribution < 1.29 is 0 Å². The zero-order valence-electron chi connectivity index (χ0n) is 11.6. The van der Waals surface area contributed by atoms with Crippen LogP contribution >= 0.6 is 15.9 Å². The minimum Gasteiger partial charge on any atom is -0.273 e. The van der Waals surface area contributed by atoms with Gasteiger partial charge < -0.3 is 0 Å². The Labute approximate surface area is 124 Å². The van der Waals surface area contributed by atoms with Crippen molar-refractivity contribution in [2.24, 2.45) is 13.0 Å². The number of hydrogen-bond donors (Lipinski definition) is 0. The zero-order valence-corrected chi connectivity index (χ0v) is 13.2. The van der Waals surface area contributed by atoms with Crippen LogP contribution in [0.5, 0.6) is 0 Å². The maximum atomic E-state index is 4.22. The molecular weight excluding hydrogens is 300 g/mol. The molecule has 0 bridgehead atoms. The van der Waals surface area contributed by atoms with Gasteiger partial charge in [-0.1, -0.05) is 45.8 Å². The number of aromatic nitrogens is 2. The minimum absolute atomic E-state index is 0.678. The molecule has 1 aromatic carbocycles. The second kappa shape index (κ2) is 6.90. The summed E-state index contributed by atoms with van der Waals surface area (Å²) in [6, 6.07) is 11.0. The number of halogens is 1. The van der Waals surface area contributed by atoms with Gasteiger partial charge in [0.15, 0.2) is 0 Å². The fourth-order valence-electron chi connectivity index (χ4n) is 2.29. The van der Waals surface area contributed by atoms with Crippen molar-refractivity contribution in [3.05, 3.63) is 53.3 Å². The number of alkyl halides is 1. The average Bonchev–Trinajstić information content (AvgIpc) is 2.82. The molecule has 2 nitrogen and oxygen atoms in total. The Kier molecular flexibility index (Phi) is 5.20. The number of aryl methyl sites for hydroxylation is 3. The lowest BCUT2D eigenvalue weighted by Gasteiger charge is -2.14. The van der Waals surface area contributed by atoms with E-state index in [-0.39, 0.29) is 0 Å². The number of hydrogen-bond acceptors (Lipinski definition) is 1. The summed E-state index contributed by atoms with van der Waals surface area (Å²) in [5, 5.41) is 5.27. The van der Waals surface area contributed by atoms with Crippen molar-refractivity contribution in [3.8, 4) is 0 Å². The molecule has 0 saturated carbocycles. The molecule has 102 valence electrons. The Morgan fingerprint density at radius 3 is 2.53 bits per heavy atom. The molecule has 0 radical (unpaired) electrons. The Hall–Kier alpha value is -1.09. The number of rotatable bonds is 6. The Morgan fingerprint density at radius 1 is 1.21 bits per heavy atom. The summed E-state index contributed by atoms with van der Waals surface area (Å²) in [5.41, 5.74) is 4.07. The lowest BCUT2D eigenvalue weighted by atomic mass is 9.95. The van der Waals surface area contributed by atoms with Gasteiger partial charge >= 0.3 is 0 Å². The van der Waals surface area contributed by atoms with Crippen molar-refractivity contribution >= 4 is 15.9 Å². The van der Waals surface area contributed by atoms with E-state index in [4.69, 9.17) is 0 Å². The van der Waals surface area contributed by atoms with Gasteiger partial charge in [-0.15, -0.1) is 0 Å². The van der Waals surface area contributed by atoms with Crippen LogP contribution in [0.3, 0.4) is 0 Å². The molecule has 3 heteroatoms. The predicted molar refractivity (Wildman–Crippen MR) is 83.7 cm³/mol. The monoisotopic (exact) mass is 320 g/mol. The largest absolute Gasteiger partial charge is 0.273 e. The van der Waals surface area contributed by atoms with E-state index in [1.807, 2.05) is 17.9 Å². The van der Waals surface area contributed by atoms with Gasteiger partial charge in [-0.3, -0.25) is 4.68 Å². The van der Waals surface area contributed by atoms with Gasteiger partial charge in [0.05, 0.1) is 0 Å². The third kappa shape index (κ3) is 4.20. The molecule has 19 heavy (non-hydrogen) atoms. The van der Waals surface area contributed by atoms with E-state index in [1.165, 1.54) is 23.2 Å². The first-order valence-corrected chi connectivity index (χ1v) is 7.89. The molecule has 1 atom stereocenters. The second-order valence-electron chi connectivity index (χ2n) is 5.19. The summed E-state index contributed by atoms with van der Waals surface area (Å²) in [5.74, 6) is 0.678. The van der Waals surface area contributed by atoms with Gasteiger partial charge in [0.25, 0.3) is 0 Å². The summed E-state index contributed by atoms with van der Waals surface area (Å²) in [6.07, 6.45) is 5.30. The van der Waals surface area contributed by atoms with E-state index in [0.29, 0.717) is 5.92 Å². The van der Waals surface area contributed by atoms with Crippen molar-refractivity contribution in [2.45, 2.75) is 26.2 Å². The average molecular weight is 321 g/mol. The molecule has 0 aliphatic carbocycles. The first-order chi connectivity index (χ1) is 9.19. The van der Waals surface area contributed by atoms with Crippen molar-refractivity contribution in [2.75, 3.05) is 5.33 Å². The highest BCUT2D eigenvalue weighted by atomic mass is 79.9. The van der Waals surface area contributed by atoms with Gasteiger partial charge in [0.2, 0.25) is 0 Å². The minimum atomic E-state index is 0.678. The van der Waals surface area contributed by atoms with Crippen LogP contribution in [0.4, 0.5) is 0 Å². The quantitative estimate of drug-likeness (QED) is 0.738. The van der Waals surface area contributed by atoms with Crippen LogP contribution in [0.1, 0.15) is 23.2 Å². The van der Waals surface area contributed by atoms with E-state index in [9.17, 15) is 0 Å². The van der Waals surface area contributed by atoms with Crippen LogP contribution in [0, 0.1) is 12.8 Å². The van der Waals surface area contributed by atoms with Gasteiger partial charge in [-0.05, 0) is 43.7 Å². The topological polar surface area (TPSA) is 17.8 Å². The van der Waals surface area contributed by atoms with Crippen LogP contribution in [0.25, 0.3) is 0 Å². The first kappa shape index (κ1) is 14.3. The summed E-state index contributed by atoms with van der Waals surface area (Å²) in [6.45, 7) is 2.13. The summed E-state index contributed by atoms with van der Waals surface area (Å²) >= 11 is 3.65. The second-order valence-corrected chi connectivity index (χ2v) is 5.84. The molecule has 0 N–H and O–H groups in total. The number of nitrogens with zero attached hydrogens (tertiary/aromatic N) is 2. The predicted octanol–water partition coefficient (Wildman–Crippen LogP) is 3.91. The molecule has 0 saturated heterocycles. The van der Waals surface area contributed by atoms with Crippen molar-refractivity contribution in [3.63, 3.8) is 0 Å². The molecule has 1 unspecified atom stereocenters. The lowest BCUT2D eigenvalue weighted by Crippen LogP contribution is -2.09. The Bertz CT molecular complexity index is 502. The van der Waals surface area contributed by atoms with Crippen LogP contribution < -0.4 is 0 Å². The normalized spacial score (nSPS) is 12.6.